The molecule has 20 heavy (non-hydrogen) atoms. The van der Waals surface area contributed by atoms with Gasteiger partial charge < -0.3 is 10.2 Å². The van der Waals surface area contributed by atoms with Gasteiger partial charge in [0, 0.05) is 18.3 Å². The minimum atomic E-state index is -0.167. The average Bonchev–Trinajstić information content (AvgIpc) is 2.82. The Balaban J connectivity index is 1.93. The molecule has 0 bridgehead atoms. The monoisotopic (exact) mass is 295 g/mol. The van der Waals surface area contributed by atoms with Crippen LogP contribution in [0.15, 0.2) is 5.38 Å². The molecule has 1 aliphatic carbocycles. The third kappa shape index (κ3) is 4.03. The lowest BCUT2D eigenvalue weighted by Gasteiger charge is -2.33. The Morgan fingerprint density at radius 1 is 1.40 bits per heavy atom. The molecule has 1 fully saturated rings. The standard InChI is InChI=1S/C14H21N3O2S/c1-10-9-20-14(15-10)16-13(19)8-17(11(2)18)12-6-4-3-5-7-12/h9,12H,3-8H2,1-2H3,(H,15,16,19). The van der Waals surface area contributed by atoms with Gasteiger partial charge in [-0.2, -0.15) is 0 Å². The number of carbonyl (C=O) groups excluding carboxylic acids is 2. The molecule has 1 N–H and O–H groups in total. The third-order valence-electron chi connectivity index (χ3n) is 3.60. The van der Waals surface area contributed by atoms with Crippen LogP contribution in [0.1, 0.15) is 44.7 Å². The molecular weight excluding hydrogens is 274 g/mol. The Labute approximate surface area is 123 Å². The Morgan fingerprint density at radius 3 is 2.65 bits per heavy atom. The first-order valence-corrected chi connectivity index (χ1v) is 7.93. The number of hydrogen-bond donors (Lipinski definition) is 1. The summed E-state index contributed by atoms with van der Waals surface area (Å²) < 4.78 is 0. The van der Waals surface area contributed by atoms with Crippen molar-refractivity contribution in [3.63, 3.8) is 0 Å². The topological polar surface area (TPSA) is 62.3 Å². The molecule has 2 rings (SSSR count). The Kier molecular flexibility index (Phi) is 5.11. The first kappa shape index (κ1) is 15.0. The van der Waals surface area contributed by atoms with Gasteiger partial charge in [0.05, 0.1) is 5.69 Å². The SMILES string of the molecule is CC(=O)N(CC(=O)Nc1nc(C)cs1)C1CCCCC1. The van der Waals surface area contributed by atoms with Crippen LogP contribution in [-0.2, 0) is 9.59 Å². The zero-order valence-electron chi connectivity index (χ0n) is 12.0. The number of carbonyl (C=O) groups is 2. The highest BCUT2D eigenvalue weighted by Crippen LogP contribution is 2.23. The van der Waals surface area contributed by atoms with Crippen LogP contribution in [0.4, 0.5) is 5.13 Å². The highest BCUT2D eigenvalue weighted by Gasteiger charge is 2.25. The second-order valence-corrected chi connectivity index (χ2v) is 6.14. The van der Waals surface area contributed by atoms with Crippen LogP contribution in [0.5, 0.6) is 0 Å². The van der Waals surface area contributed by atoms with Gasteiger partial charge in [0.25, 0.3) is 0 Å². The van der Waals surface area contributed by atoms with Crippen LogP contribution in [0, 0.1) is 6.92 Å². The van der Waals surface area contributed by atoms with Crippen LogP contribution < -0.4 is 5.32 Å². The van der Waals surface area contributed by atoms with Crippen LogP contribution >= 0.6 is 11.3 Å². The van der Waals surface area contributed by atoms with E-state index in [1.54, 1.807) is 4.90 Å². The highest BCUT2D eigenvalue weighted by atomic mass is 32.1. The summed E-state index contributed by atoms with van der Waals surface area (Å²) in [6.07, 6.45) is 5.52. The molecule has 1 aromatic rings. The lowest BCUT2D eigenvalue weighted by Crippen LogP contribution is -2.44. The summed E-state index contributed by atoms with van der Waals surface area (Å²) in [6.45, 7) is 3.55. The van der Waals surface area contributed by atoms with E-state index in [-0.39, 0.29) is 24.4 Å². The lowest BCUT2D eigenvalue weighted by atomic mass is 9.94. The van der Waals surface area contributed by atoms with Crippen LogP contribution in [0.3, 0.4) is 0 Å². The Hall–Kier alpha value is -1.43. The molecule has 6 heteroatoms. The first-order chi connectivity index (χ1) is 9.56. The van der Waals surface area contributed by atoms with Gasteiger partial charge in [-0.05, 0) is 19.8 Å². The predicted molar refractivity (Wildman–Crippen MR) is 79.7 cm³/mol. The van der Waals surface area contributed by atoms with Crippen molar-refractivity contribution in [1.82, 2.24) is 9.88 Å². The molecule has 1 aromatic heterocycles. The molecule has 0 saturated heterocycles. The van der Waals surface area contributed by atoms with Crippen LogP contribution in [0.25, 0.3) is 0 Å². The average molecular weight is 295 g/mol. The van der Waals surface area contributed by atoms with E-state index in [0.717, 1.165) is 31.4 Å². The van der Waals surface area contributed by atoms with E-state index in [1.165, 1.54) is 24.7 Å². The van der Waals surface area contributed by atoms with Crippen molar-refractivity contribution in [2.75, 3.05) is 11.9 Å². The predicted octanol–water partition coefficient (Wildman–Crippen LogP) is 2.57. The van der Waals surface area contributed by atoms with E-state index in [4.69, 9.17) is 0 Å². The number of anilines is 1. The summed E-state index contributed by atoms with van der Waals surface area (Å²) >= 11 is 1.40. The third-order valence-corrected chi connectivity index (χ3v) is 4.47. The number of rotatable bonds is 4. The van der Waals surface area contributed by atoms with Crippen molar-refractivity contribution >= 4 is 28.3 Å². The molecule has 1 aliphatic rings. The molecular formula is C14H21N3O2S. The van der Waals surface area contributed by atoms with Gasteiger partial charge in [0.15, 0.2) is 5.13 Å². The van der Waals surface area contributed by atoms with Crippen molar-refractivity contribution in [1.29, 1.82) is 0 Å². The molecule has 1 saturated carbocycles. The maximum atomic E-state index is 12.0. The minimum absolute atomic E-state index is 0.0256. The zero-order chi connectivity index (χ0) is 14.5. The summed E-state index contributed by atoms with van der Waals surface area (Å²) in [7, 11) is 0. The fourth-order valence-electron chi connectivity index (χ4n) is 2.62. The fourth-order valence-corrected chi connectivity index (χ4v) is 3.32. The summed E-state index contributed by atoms with van der Waals surface area (Å²) in [6, 6.07) is 0.213. The molecule has 1 heterocycles. The zero-order valence-corrected chi connectivity index (χ0v) is 12.8. The number of amides is 2. The molecule has 0 radical (unpaired) electrons. The van der Waals surface area contributed by atoms with E-state index in [1.807, 2.05) is 12.3 Å². The van der Waals surface area contributed by atoms with Crippen molar-refractivity contribution in [2.24, 2.45) is 0 Å². The molecule has 0 spiro atoms. The van der Waals surface area contributed by atoms with E-state index in [2.05, 4.69) is 10.3 Å². The maximum Gasteiger partial charge on any atom is 0.245 e. The molecule has 2 amide bonds. The molecule has 0 atom stereocenters. The van der Waals surface area contributed by atoms with Gasteiger partial charge in [0.2, 0.25) is 11.8 Å². The number of thiazole rings is 1. The van der Waals surface area contributed by atoms with Crippen molar-refractivity contribution < 1.29 is 9.59 Å². The molecule has 0 aliphatic heterocycles. The van der Waals surface area contributed by atoms with E-state index >= 15 is 0 Å². The smallest absolute Gasteiger partial charge is 0.245 e. The summed E-state index contributed by atoms with van der Waals surface area (Å²) in [5.74, 6) is -0.192. The summed E-state index contributed by atoms with van der Waals surface area (Å²) in [5, 5.41) is 5.25. The first-order valence-electron chi connectivity index (χ1n) is 7.05. The van der Waals surface area contributed by atoms with Crippen LogP contribution in [0.2, 0.25) is 0 Å². The highest BCUT2D eigenvalue weighted by molar-refractivity contribution is 7.13. The Bertz CT molecular complexity index is 481. The van der Waals surface area contributed by atoms with Gasteiger partial charge in [-0.25, -0.2) is 4.98 Å². The normalized spacial score (nSPS) is 15.9. The van der Waals surface area contributed by atoms with Crippen molar-refractivity contribution in [3.8, 4) is 0 Å². The van der Waals surface area contributed by atoms with E-state index in [9.17, 15) is 9.59 Å². The maximum absolute atomic E-state index is 12.0. The van der Waals surface area contributed by atoms with Crippen LogP contribution in [-0.4, -0.2) is 34.3 Å². The van der Waals surface area contributed by atoms with E-state index < -0.39 is 0 Å². The molecule has 0 aromatic carbocycles. The lowest BCUT2D eigenvalue weighted by molar-refractivity contribution is -0.135. The van der Waals surface area contributed by atoms with Gasteiger partial charge in [0.1, 0.15) is 6.54 Å². The van der Waals surface area contributed by atoms with Gasteiger partial charge in [-0.1, -0.05) is 19.3 Å². The molecule has 5 nitrogen and oxygen atoms in total. The number of hydrogen-bond acceptors (Lipinski definition) is 4. The minimum Gasteiger partial charge on any atom is -0.331 e. The van der Waals surface area contributed by atoms with Crippen molar-refractivity contribution in [2.45, 2.75) is 52.0 Å². The number of nitrogens with one attached hydrogen (secondary N) is 1. The Morgan fingerprint density at radius 2 is 2.10 bits per heavy atom. The van der Waals surface area contributed by atoms with Gasteiger partial charge >= 0.3 is 0 Å². The largest absolute Gasteiger partial charge is 0.331 e. The van der Waals surface area contributed by atoms with Gasteiger partial charge in [-0.3, -0.25) is 9.59 Å². The molecule has 110 valence electrons. The summed E-state index contributed by atoms with van der Waals surface area (Å²) in [5.41, 5.74) is 0.890. The van der Waals surface area contributed by atoms with Gasteiger partial charge in [-0.15, -0.1) is 11.3 Å². The molecule has 0 unspecified atom stereocenters. The number of nitrogens with zero attached hydrogens (tertiary/aromatic N) is 2. The fraction of sp³-hybridized carbons (Fsp3) is 0.643. The summed E-state index contributed by atoms with van der Waals surface area (Å²) in [4.78, 5) is 29.7. The second kappa shape index (κ2) is 6.83. The van der Waals surface area contributed by atoms with E-state index in [0.29, 0.717) is 5.13 Å². The quantitative estimate of drug-likeness (QED) is 0.928. The number of aromatic nitrogens is 1. The van der Waals surface area contributed by atoms with Crippen molar-refractivity contribution in [3.05, 3.63) is 11.1 Å². The number of aryl methyl sites for hydroxylation is 1. The second-order valence-electron chi connectivity index (χ2n) is 5.28.